The Morgan fingerprint density at radius 1 is 1.10 bits per heavy atom. The Labute approximate surface area is 124 Å². The highest BCUT2D eigenvalue weighted by Gasteiger charge is 2.18. The van der Waals surface area contributed by atoms with Gasteiger partial charge in [-0.2, -0.15) is 0 Å². The number of aromatic nitrogens is 1. The Hall–Kier alpha value is -2.07. The van der Waals surface area contributed by atoms with Gasteiger partial charge in [0.25, 0.3) is 0 Å². The monoisotopic (exact) mass is 329 g/mol. The van der Waals surface area contributed by atoms with E-state index in [-0.39, 0.29) is 5.78 Å². The van der Waals surface area contributed by atoms with Crippen LogP contribution in [0.3, 0.4) is 0 Å². The molecule has 20 heavy (non-hydrogen) atoms. The van der Waals surface area contributed by atoms with Crippen LogP contribution in [0.15, 0.2) is 53.1 Å². The van der Waals surface area contributed by atoms with Crippen LogP contribution in [0.5, 0.6) is 5.75 Å². The third-order valence-corrected chi connectivity index (χ3v) is 3.91. The van der Waals surface area contributed by atoms with E-state index in [1.807, 2.05) is 30.3 Å². The number of carbonyl (C=O) groups excluding carboxylic acids is 1. The number of H-pyrrole nitrogens is 1. The van der Waals surface area contributed by atoms with Crippen molar-refractivity contribution in [2.75, 3.05) is 7.11 Å². The first-order valence-corrected chi connectivity index (χ1v) is 6.95. The van der Waals surface area contributed by atoms with Crippen LogP contribution in [0.4, 0.5) is 0 Å². The summed E-state index contributed by atoms with van der Waals surface area (Å²) >= 11 is 3.50. The molecule has 0 bridgehead atoms. The van der Waals surface area contributed by atoms with Crippen LogP contribution < -0.4 is 4.74 Å². The third kappa shape index (κ3) is 2.02. The molecular weight excluding hydrogens is 318 g/mol. The topological polar surface area (TPSA) is 42.1 Å². The molecule has 0 fully saturated rings. The standard InChI is InChI=1S/C16H12BrNO2/c1-20-14-8-3-2-5-10(14)16(19)11-9-18-13-7-4-6-12(17)15(11)13/h2-9,18H,1H3. The molecule has 0 aliphatic rings. The first-order valence-electron chi connectivity index (χ1n) is 6.15. The molecule has 3 rings (SSSR count). The average Bonchev–Trinajstić information content (AvgIpc) is 2.92. The number of rotatable bonds is 3. The number of benzene rings is 2. The van der Waals surface area contributed by atoms with E-state index in [1.54, 1.807) is 25.4 Å². The van der Waals surface area contributed by atoms with Gasteiger partial charge in [-0.3, -0.25) is 4.79 Å². The molecule has 0 atom stereocenters. The zero-order chi connectivity index (χ0) is 14.1. The van der Waals surface area contributed by atoms with Crippen molar-refractivity contribution in [1.82, 2.24) is 4.98 Å². The minimum atomic E-state index is -0.0550. The van der Waals surface area contributed by atoms with E-state index in [2.05, 4.69) is 20.9 Å². The fourth-order valence-corrected chi connectivity index (χ4v) is 2.88. The Bertz CT molecular complexity index is 792. The molecule has 1 aromatic heterocycles. The van der Waals surface area contributed by atoms with Crippen LogP contribution >= 0.6 is 15.9 Å². The van der Waals surface area contributed by atoms with Crippen LogP contribution in [0.2, 0.25) is 0 Å². The van der Waals surface area contributed by atoms with Gasteiger partial charge >= 0.3 is 0 Å². The summed E-state index contributed by atoms with van der Waals surface area (Å²) in [5.41, 5.74) is 2.13. The second kappa shape index (κ2) is 5.13. The number of halogens is 1. The number of nitrogens with one attached hydrogen (secondary N) is 1. The Balaban J connectivity index is 2.18. The van der Waals surface area contributed by atoms with Crippen molar-refractivity contribution in [1.29, 1.82) is 0 Å². The molecule has 3 nitrogen and oxygen atoms in total. The van der Waals surface area contributed by atoms with Crippen molar-refractivity contribution in [3.05, 3.63) is 64.3 Å². The minimum absolute atomic E-state index is 0.0550. The van der Waals surface area contributed by atoms with E-state index in [1.165, 1.54) is 0 Å². The van der Waals surface area contributed by atoms with Crippen molar-refractivity contribution in [3.63, 3.8) is 0 Å². The summed E-state index contributed by atoms with van der Waals surface area (Å²) < 4.78 is 6.16. The zero-order valence-corrected chi connectivity index (χ0v) is 12.4. The van der Waals surface area contributed by atoms with Crippen molar-refractivity contribution in [3.8, 4) is 5.75 Å². The first-order chi connectivity index (χ1) is 9.72. The maximum absolute atomic E-state index is 12.7. The lowest BCUT2D eigenvalue weighted by molar-refractivity contribution is 0.103. The van der Waals surface area contributed by atoms with Crippen LogP contribution in [0.1, 0.15) is 15.9 Å². The molecule has 1 N–H and O–H groups in total. The number of methoxy groups -OCH3 is 1. The molecule has 2 aromatic carbocycles. The van der Waals surface area contributed by atoms with Crippen LogP contribution in [-0.4, -0.2) is 17.9 Å². The lowest BCUT2D eigenvalue weighted by Crippen LogP contribution is -2.03. The second-order valence-electron chi connectivity index (χ2n) is 4.39. The maximum Gasteiger partial charge on any atom is 0.198 e. The van der Waals surface area contributed by atoms with Gasteiger partial charge in [0.05, 0.1) is 12.7 Å². The quantitative estimate of drug-likeness (QED) is 0.733. The number of ketones is 1. The number of aromatic amines is 1. The molecule has 100 valence electrons. The van der Waals surface area contributed by atoms with Gasteiger partial charge in [-0.05, 0) is 24.3 Å². The van der Waals surface area contributed by atoms with Crippen LogP contribution in [0, 0.1) is 0 Å². The molecule has 0 saturated heterocycles. The van der Waals surface area contributed by atoms with Gasteiger partial charge in [-0.25, -0.2) is 0 Å². The number of ether oxygens (including phenoxy) is 1. The van der Waals surface area contributed by atoms with Crippen molar-refractivity contribution < 1.29 is 9.53 Å². The molecule has 4 heteroatoms. The van der Waals surface area contributed by atoms with Crippen LogP contribution in [-0.2, 0) is 0 Å². The van der Waals surface area contributed by atoms with Gasteiger partial charge < -0.3 is 9.72 Å². The summed E-state index contributed by atoms with van der Waals surface area (Å²) in [6, 6.07) is 13.0. The molecule has 0 aliphatic heterocycles. The molecule has 0 saturated carbocycles. The lowest BCUT2D eigenvalue weighted by atomic mass is 10.0. The third-order valence-electron chi connectivity index (χ3n) is 3.25. The molecule has 0 aliphatic carbocycles. The highest BCUT2D eigenvalue weighted by Crippen LogP contribution is 2.30. The largest absolute Gasteiger partial charge is 0.496 e. The summed E-state index contributed by atoms with van der Waals surface area (Å²) in [5.74, 6) is 0.527. The molecule has 3 aromatic rings. The van der Waals surface area contributed by atoms with Gasteiger partial charge in [-0.15, -0.1) is 0 Å². The van der Waals surface area contributed by atoms with Crippen molar-refractivity contribution in [2.24, 2.45) is 0 Å². The summed E-state index contributed by atoms with van der Waals surface area (Å²) in [6.07, 6.45) is 1.74. The molecule has 0 amide bonds. The number of para-hydroxylation sites is 1. The maximum atomic E-state index is 12.7. The number of fused-ring (bicyclic) bond motifs is 1. The van der Waals surface area contributed by atoms with Gasteiger partial charge in [-0.1, -0.05) is 34.1 Å². The lowest BCUT2D eigenvalue weighted by Gasteiger charge is -2.06. The summed E-state index contributed by atoms with van der Waals surface area (Å²) in [7, 11) is 1.57. The normalized spacial score (nSPS) is 10.7. The van der Waals surface area contributed by atoms with Crippen molar-refractivity contribution >= 4 is 32.6 Å². The van der Waals surface area contributed by atoms with E-state index < -0.39 is 0 Å². The van der Waals surface area contributed by atoms with Gasteiger partial charge in [0.15, 0.2) is 5.78 Å². The summed E-state index contributed by atoms with van der Waals surface area (Å²) in [5, 5.41) is 0.892. The predicted molar refractivity (Wildman–Crippen MR) is 82.4 cm³/mol. The average molecular weight is 330 g/mol. The fourth-order valence-electron chi connectivity index (χ4n) is 2.30. The number of hydrogen-bond acceptors (Lipinski definition) is 2. The van der Waals surface area contributed by atoms with Crippen LogP contribution in [0.25, 0.3) is 10.9 Å². The molecule has 1 heterocycles. The number of carbonyl (C=O) groups is 1. The molecule has 0 spiro atoms. The summed E-state index contributed by atoms with van der Waals surface area (Å²) in [4.78, 5) is 15.9. The van der Waals surface area contributed by atoms with E-state index >= 15 is 0 Å². The van der Waals surface area contributed by atoms with Gasteiger partial charge in [0, 0.05) is 27.1 Å². The van der Waals surface area contributed by atoms with E-state index in [0.29, 0.717) is 16.9 Å². The van der Waals surface area contributed by atoms with E-state index in [9.17, 15) is 4.79 Å². The zero-order valence-electron chi connectivity index (χ0n) is 10.8. The first kappa shape index (κ1) is 12.9. The van der Waals surface area contributed by atoms with E-state index in [4.69, 9.17) is 4.74 Å². The molecule has 0 unspecified atom stereocenters. The molecular formula is C16H12BrNO2. The van der Waals surface area contributed by atoms with Gasteiger partial charge in [0.1, 0.15) is 5.75 Å². The number of hydrogen-bond donors (Lipinski definition) is 1. The Morgan fingerprint density at radius 2 is 1.90 bits per heavy atom. The smallest absolute Gasteiger partial charge is 0.198 e. The highest BCUT2D eigenvalue weighted by molar-refractivity contribution is 9.10. The van der Waals surface area contributed by atoms with E-state index in [0.717, 1.165) is 15.4 Å². The minimum Gasteiger partial charge on any atom is -0.496 e. The Kier molecular flexibility index (Phi) is 3.32. The predicted octanol–water partition coefficient (Wildman–Crippen LogP) is 4.17. The summed E-state index contributed by atoms with van der Waals surface area (Å²) in [6.45, 7) is 0. The second-order valence-corrected chi connectivity index (χ2v) is 5.25. The van der Waals surface area contributed by atoms with Gasteiger partial charge in [0.2, 0.25) is 0 Å². The SMILES string of the molecule is COc1ccccc1C(=O)c1c[nH]c2cccc(Br)c12. The highest BCUT2D eigenvalue weighted by atomic mass is 79.9. The molecule has 0 radical (unpaired) electrons. The fraction of sp³-hybridized carbons (Fsp3) is 0.0625. The Morgan fingerprint density at radius 3 is 2.70 bits per heavy atom. The van der Waals surface area contributed by atoms with Crippen molar-refractivity contribution in [2.45, 2.75) is 0 Å².